The van der Waals surface area contributed by atoms with Crippen LogP contribution in [0.4, 0.5) is 0 Å². The van der Waals surface area contributed by atoms with Gasteiger partial charge in [-0.25, -0.2) is 0 Å². The van der Waals surface area contributed by atoms with Gasteiger partial charge >= 0.3 is 0 Å². The molecule has 72 valence electrons. The Morgan fingerprint density at radius 3 is 3.07 bits per heavy atom. The average molecular weight is 210 g/mol. The molecule has 2 aromatic rings. The Morgan fingerprint density at radius 2 is 2.36 bits per heavy atom. The molecule has 0 spiro atoms. The van der Waals surface area contributed by atoms with E-state index in [1.807, 2.05) is 0 Å². The second-order valence-corrected chi connectivity index (χ2v) is 3.52. The van der Waals surface area contributed by atoms with E-state index in [4.69, 9.17) is 11.6 Å². The Hall–Kier alpha value is -1.42. The van der Waals surface area contributed by atoms with Crippen molar-refractivity contribution in [3.05, 3.63) is 23.5 Å². The number of fused-ring (bicyclic) bond motifs is 1. The maximum atomic E-state index is 10.8. The number of ketones is 1. The van der Waals surface area contributed by atoms with Crippen molar-refractivity contribution in [1.82, 2.24) is 14.8 Å². The molecular formula is C9H8ClN3O. The Balaban J connectivity index is 2.46. The molecule has 14 heavy (non-hydrogen) atoms. The summed E-state index contributed by atoms with van der Waals surface area (Å²) in [6.07, 6.45) is 3.29. The highest BCUT2D eigenvalue weighted by molar-refractivity contribution is 6.31. The molecule has 2 heterocycles. The summed E-state index contributed by atoms with van der Waals surface area (Å²) in [6, 6.07) is 1.72. The number of carbonyl (C=O) groups is 1. The smallest absolute Gasteiger partial charge is 0.151 e. The van der Waals surface area contributed by atoms with Crippen LogP contribution in [0.15, 0.2) is 18.5 Å². The Labute approximate surface area is 85.5 Å². The zero-order valence-electron chi connectivity index (χ0n) is 7.57. The second-order valence-electron chi connectivity index (χ2n) is 3.09. The van der Waals surface area contributed by atoms with Crippen LogP contribution in [0, 0.1) is 0 Å². The summed E-state index contributed by atoms with van der Waals surface area (Å²) in [6.45, 7) is 1.79. The highest BCUT2D eigenvalue weighted by Crippen LogP contribution is 2.14. The van der Waals surface area contributed by atoms with Gasteiger partial charge in [-0.3, -0.25) is 14.5 Å². The topological polar surface area (TPSA) is 47.8 Å². The van der Waals surface area contributed by atoms with E-state index in [9.17, 15) is 4.79 Å². The van der Waals surface area contributed by atoms with Crippen molar-refractivity contribution < 1.29 is 4.79 Å². The molecule has 4 nitrogen and oxygen atoms in total. The van der Waals surface area contributed by atoms with Gasteiger partial charge in [-0.2, -0.15) is 5.10 Å². The van der Waals surface area contributed by atoms with Gasteiger partial charge in [0, 0.05) is 6.20 Å². The number of rotatable bonds is 2. The zero-order chi connectivity index (χ0) is 10.1. The van der Waals surface area contributed by atoms with Crippen molar-refractivity contribution in [3.8, 4) is 0 Å². The predicted octanol–water partition coefficient (Wildman–Crippen LogP) is 1.67. The highest BCUT2D eigenvalue weighted by Gasteiger charge is 2.03. The molecule has 0 saturated carbocycles. The van der Waals surface area contributed by atoms with Gasteiger partial charge in [0.1, 0.15) is 11.0 Å². The van der Waals surface area contributed by atoms with Crippen molar-refractivity contribution in [2.45, 2.75) is 13.5 Å². The molecule has 0 unspecified atom stereocenters. The SMILES string of the molecule is CC(=O)Cn1cc2ncc(Cl)cc2n1. The van der Waals surface area contributed by atoms with Crippen LogP contribution in [0.3, 0.4) is 0 Å². The lowest BCUT2D eigenvalue weighted by atomic mass is 10.4. The van der Waals surface area contributed by atoms with Gasteiger partial charge in [0.2, 0.25) is 0 Å². The third kappa shape index (κ3) is 1.75. The largest absolute Gasteiger partial charge is 0.298 e. The molecule has 0 fully saturated rings. The summed E-state index contributed by atoms with van der Waals surface area (Å²) in [5, 5.41) is 4.71. The molecule has 2 aromatic heterocycles. The van der Waals surface area contributed by atoms with Crippen molar-refractivity contribution >= 4 is 28.4 Å². The lowest BCUT2D eigenvalue weighted by molar-refractivity contribution is -0.117. The first-order valence-electron chi connectivity index (χ1n) is 4.13. The van der Waals surface area contributed by atoms with E-state index in [1.165, 1.54) is 6.92 Å². The summed E-state index contributed by atoms with van der Waals surface area (Å²) in [5.41, 5.74) is 1.45. The Morgan fingerprint density at radius 1 is 1.57 bits per heavy atom. The fraction of sp³-hybridized carbons (Fsp3) is 0.222. The van der Waals surface area contributed by atoms with Crippen molar-refractivity contribution in [2.75, 3.05) is 0 Å². The van der Waals surface area contributed by atoms with Crippen LogP contribution in [0.2, 0.25) is 5.02 Å². The van der Waals surface area contributed by atoms with E-state index in [0.29, 0.717) is 10.5 Å². The fourth-order valence-corrected chi connectivity index (χ4v) is 1.39. The van der Waals surface area contributed by atoms with Crippen molar-refractivity contribution in [2.24, 2.45) is 0 Å². The molecule has 5 heteroatoms. The van der Waals surface area contributed by atoms with Crippen LogP contribution < -0.4 is 0 Å². The molecule has 0 aliphatic heterocycles. The number of Topliss-reactive ketones (excluding diaryl/α,β-unsaturated/α-hetero) is 1. The Bertz CT molecular complexity index is 492. The first kappa shape index (κ1) is 9.15. The van der Waals surface area contributed by atoms with Crippen LogP contribution in [0.25, 0.3) is 11.0 Å². The first-order chi connectivity index (χ1) is 6.65. The van der Waals surface area contributed by atoms with E-state index in [1.54, 1.807) is 23.1 Å². The van der Waals surface area contributed by atoms with Crippen molar-refractivity contribution in [3.63, 3.8) is 0 Å². The molecule has 0 aromatic carbocycles. The number of halogens is 1. The molecular weight excluding hydrogens is 202 g/mol. The molecule has 0 aliphatic rings. The number of hydrogen-bond acceptors (Lipinski definition) is 3. The van der Waals surface area contributed by atoms with Crippen molar-refractivity contribution in [1.29, 1.82) is 0 Å². The second kappa shape index (κ2) is 3.38. The van der Waals surface area contributed by atoms with Gasteiger partial charge in [-0.05, 0) is 13.0 Å². The quantitative estimate of drug-likeness (QED) is 0.756. The minimum absolute atomic E-state index is 0.0592. The van der Waals surface area contributed by atoms with Gasteiger partial charge in [-0.1, -0.05) is 11.6 Å². The summed E-state index contributed by atoms with van der Waals surface area (Å²) in [4.78, 5) is 14.9. The van der Waals surface area contributed by atoms with Gasteiger partial charge in [0.05, 0.1) is 17.8 Å². The van der Waals surface area contributed by atoms with Crippen LogP contribution in [-0.4, -0.2) is 20.5 Å². The molecule has 0 aliphatic carbocycles. The minimum atomic E-state index is 0.0592. The average Bonchev–Trinajstić information content (AvgIpc) is 2.44. The number of nitrogens with zero attached hydrogens (tertiary/aromatic N) is 3. The predicted molar refractivity (Wildman–Crippen MR) is 53.2 cm³/mol. The number of aromatic nitrogens is 3. The number of pyridine rings is 1. The van der Waals surface area contributed by atoms with E-state index in [0.717, 1.165) is 5.52 Å². The maximum Gasteiger partial charge on any atom is 0.151 e. The molecule has 0 amide bonds. The van der Waals surface area contributed by atoms with Gasteiger partial charge in [0.15, 0.2) is 5.78 Å². The van der Waals surface area contributed by atoms with E-state index in [-0.39, 0.29) is 12.3 Å². The molecule has 0 radical (unpaired) electrons. The third-order valence-corrected chi connectivity index (χ3v) is 1.96. The first-order valence-corrected chi connectivity index (χ1v) is 4.51. The molecule has 0 saturated heterocycles. The van der Waals surface area contributed by atoms with E-state index < -0.39 is 0 Å². The van der Waals surface area contributed by atoms with Gasteiger partial charge in [0.25, 0.3) is 0 Å². The molecule has 0 N–H and O–H groups in total. The zero-order valence-corrected chi connectivity index (χ0v) is 8.32. The monoisotopic (exact) mass is 209 g/mol. The normalized spacial score (nSPS) is 10.7. The molecule has 2 rings (SSSR count). The fourth-order valence-electron chi connectivity index (χ4n) is 1.24. The Kier molecular flexibility index (Phi) is 2.21. The van der Waals surface area contributed by atoms with Gasteiger partial charge < -0.3 is 0 Å². The third-order valence-electron chi connectivity index (χ3n) is 1.76. The van der Waals surface area contributed by atoms with Crippen LogP contribution in [0.5, 0.6) is 0 Å². The van der Waals surface area contributed by atoms with E-state index in [2.05, 4.69) is 10.1 Å². The van der Waals surface area contributed by atoms with Crippen LogP contribution >= 0.6 is 11.6 Å². The number of carbonyl (C=O) groups excluding carboxylic acids is 1. The molecule has 0 atom stereocenters. The molecule has 0 bridgehead atoms. The summed E-state index contributed by atoms with van der Waals surface area (Å²) in [7, 11) is 0. The summed E-state index contributed by atoms with van der Waals surface area (Å²) < 4.78 is 1.57. The van der Waals surface area contributed by atoms with E-state index >= 15 is 0 Å². The highest BCUT2D eigenvalue weighted by atomic mass is 35.5. The lowest BCUT2D eigenvalue weighted by Gasteiger charge is -1.92. The maximum absolute atomic E-state index is 10.8. The lowest BCUT2D eigenvalue weighted by Crippen LogP contribution is -2.05. The van der Waals surface area contributed by atoms with Crippen LogP contribution in [0.1, 0.15) is 6.92 Å². The number of hydrogen-bond donors (Lipinski definition) is 0. The van der Waals surface area contributed by atoms with Crippen LogP contribution in [-0.2, 0) is 11.3 Å². The minimum Gasteiger partial charge on any atom is -0.298 e. The standard InChI is InChI=1S/C9H8ClN3O/c1-6(14)4-13-5-9-8(12-13)2-7(10)3-11-9/h2-3,5H,4H2,1H3. The summed E-state index contributed by atoms with van der Waals surface area (Å²) in [5.74, 6) is 0.0592. The summed E-state index contributed by atoms with van der Waals surface area (Å²) >= 11 is 5.75. The van der Waals surface area contributed by atoms with Gasteiger partial charge in [-0.15, -0.1) is 0 Å².